The Hall–Kier alpha value is -3.58. The maximum Gasteiger partial charge on any atom is 0.414 e. The van der Waals surface area contributed by atoms with Crippen molar-refractivity contribution in [2.75, 3.05) is 26.2 Å². The first-order valence-electron chi connectivity index (χ1n) is 9.25. The molecule has 2 aliphatic heterocycles. The van der Waals surface area contributed by atoms with Crippen LogP contribution in [0.15, 0.2) is 9.98 Å². The fraction of sp³-hybridized carbons (Fsp3) is 0.647. The van der Waals surface area contributed by atoms with Crippen LogP contribution >= 0.6 is 0 Å². The van der Waals surface area contributed by atoms with Crippen molar-refractivity contribution < 1.29 is 39.6 Å². The van der Waals surface area contributed by atoms with Gasteiger partial charge in [-0.1, -0.05) is 13.8 Å². The molecule has 0 aromatic heterocycles. The minimum atomic E-state index is -1.82. The summed E-state index contributed by atoms with van der Waals surface area (Å²) >= 11 is 0. The predicted octanol–water partition coefficient (Wildman–Crippen LogP) is -1.80. The van der Waals surface area contributed by atoms with Gasteiger partial charge in [0.2, 0.25) is 0 Å². The van der Waals surface area contributed by atoms with Crippen molar-refractivity contribution in [3.8, 4) is 0 Å². The van der Waals surface area contributed by atoms with E-state index >= 15 is 0 Å². The highest BCUT2D eigenvalue weighted by molar-refractivity contribution is 6.27. The van der Waals surface area contributed by atoms with E-state index in [-0.39, 0.29) is 5.41 Å². The molecule has 0 aromatic carbocycles. The van der Waals surface area contributed by atoms with E-state index in [4.69, 9.17) is 39.6 Å². The SMILES string of the molecule is CC1CN=C(NCC(C)(C)CNC2=NCC(C)N2)N1.O=C(O)C(=O)O.O=C(O)C(=O)O. The minimum Gasteiger partial charge on any atom is -0.473 e. The molecule has 0 aliphatic carbocycles. The van der Waals surface area contributed by atoms with Gasteiger partial charge in [-0.15, -0.1) is 0 Å². The minimum absolute atomic E-state index is 0.131. The Labute approximate surface area is 178 Å². The average molecular weight is 446 g/mol. The Kier molecular flexibility index (Phi) is 11.4. The van der Waals surface area contributed by atoms with E-state index in [0.29, 0.717) is 12.1 Å². The summed E-state index contributed by atoms with van der Waals surface area (Å²) in [5.74, 6) is -5.45. The second kappa shape index (κ2) is 12.9. The topological polar surface area (TPSA) is 222 Å². The molecule has 8 N–H and O–H groups in total. The molecule has 2 atom stereocenters. The summed E-state index contributed by atoms with van der Waals surface area (Å²) in [6.45, 7) is 12.2. The van der Waals surface area contributed by atoms with Gasteiger partial charge in [-0.05, 0) is 19.3 Å². The van der Waals surface area contributed by atoms with Gasteiger partial charge in [0, 0.05) is 25.2 Å². The third kappa shape index (κ3) is 13.3. The molecular weight excluding hydrogens is 416 g/mol. The summed E-state index contributed by atoms with van der Waals surface area (Å²) in [4.78, 5) is 45.2. The molecule has 0 saturated carbocycles. The maximum absolute atomic E-state index is 9.10. The molecule has 176 valence electrons. The monoisotopic (exact) mass is 446 g/mol. The van der Waals surface area contributed by atoms with Crippen LogP contribution < -0.4 is 21.3 Å². The maximum atomic E-state index is 9.10. The van der Waals surface area contributed by atoms with Gasteiger partial charge in [0.15, 0.2) is 11.9 Å². The van der Waals surface area contributed by atoms with Crippen LogP contribution in [0.25, 0.3) is 0 Å². The quantitative estimate of drug-likeness (QED) is 0.224. The third-order valence-electron chi connectivity index (χ3n) is 3.65. The summed E-state index contributed by atoms with van der Waals surface area (Å²) < 4.78 is 0. The lowest BCUT2D eigenvalue weighted by Crippen LogP contribution is -2.47. The molecule has 14 nitrogen and oxygen atoms in total. The van der Waals surface area contributed by atoms with Crippen LogP contribution in [0, 0.1) is 5.41 Å². The highest BCUT2D eigenvalue weighted by atomic mass is 16.4. The summed E-state index contributed by atoms with van der Waals surface area (Å²) in [5, 5.41) is 42.9. The lowest BCUT2D eigenvalue weighted by atomic mass is 9.93. The van der Waals surface area contributed by atoms with Crippen LogP contribution in [-0.4, -0.2) is 94.5 Å². The zero-order valence-electron chi connectivity index (χ0n) is 17.8. The molecule has 0 aromatic rings. The number of nitrogens with zero attached hydrogens (tertiary/aromatic N) is 2. The van der Waals surface area contributed by atoms with E-state index in [2.05, 4.69) is 58.9 Å². The van der Waals surface area contributed by atoms with Gasteiger partial charge < -0.3 is 41.7 Å². The number of hydrogen-bond donors (Lipinski definition) is 8. The first-order chi connectivity index (χ1) is 14.2. The van der Waals surface area contributed by atoms with E-state index in [1.54, 1.807) is 0 Å². The Morgan fingerprint density at radius 2 is 1.10 bits per heavy atom. The number of carbonyl (C=O) groups is 4. The first kappa shape index (κ1) is 27.4. The lowest BCUT2D eigenvalue weighted by Gasteiger charge is -2.26. The van der Waals surface area contributed by atoms with Crippen LogP contribution in [0.1, 0.15) is 27.7 Å². The predicted molar refractivity (Wildman–Crippen MR) is 110 cm³/mol. The molecule has 2 aliphatic rings. The van der Waals surface area contributed by atoms with E-state index in [1.165, 1.54) is 0 Å². The smallest absolute Gasteiger partial charge is 0.414 e. The van der Waals surface area contributed by atoms with E-state index in [1.807, 2.05) is 0 Å². The zero-order valence-corrected chi connectivity index (χ0v) is 17.8. The third-order valence-corrected chi connectivity index (χ3v) is 3.65. The largest absolute Gasteiger partial charge is 0.473 e. The zero-order chi connectivity index (χ0) is 24.2. The number of nitrogens with one attached hydrogen (secondary N) is 4. The van der Waals surface area contributed by atoms with Crippen LogP contribution in [0.4, 0.5) is 0 Å². The molecule has 2 unspecified atom stereocenters. The number of aliphatic imine (C=N–C) groups is 2. The Morgan fingerprint density at radius 3 is 1.29 bits per heavy atom. The van der Waals surface area contributed by atoms with Crippen molar-refractivity contribution >= 4 is 35.8 Å². The number of carboxylic acids is 4. The van der Waals surface area contributed by atoms with Gasteiger partial charge in [0.25, 0.3) is 0 Å². The van der Waals surface area contributed by atoms with Crippen LogP contribution in [0.5, 0.6) is 0 Å². The Morgan fingerprint density at radius 1 is 0.806 bits per heavy atom. The summed E-state index contributed by atoms with van der Waals surface area (Å²) in [6, 6.07) is 0.893. The highest BCUT2D eigenvalue weighted by Gasteiger charge is 2.22. The molecule has 14 heteroatoms. The van der Waals surface area contributed by atoms with Crippen molar-refractivity contribution in [3.63, 3.8) is 0 Å². The van der Waals surface area contributed by atoms with Crippen molar-refractivity contribution in [1.82, 2.24) is 21.3 Å². The number of hydrogen-bond acceptors (Lipinski definition) is 10. The fourth-order valence-corrected chi connectivity index (χ4v) is 2.03. The van der Waals surface area contributed by atoms with Crippen LogP contribution in [-0.2, 0) is 19.2 Å². The van der Waals surface area contributed by atoms with Crippen LogP contribution in [0.2, 0.25) is 0 Å². The van der Waals surface area contributed by atoms with Crippen LogP contribution in [0.3, 0.4) is 0 Å². The van der Waals surface area contributed by atoms with Gasteiger partial charge in [0.05, 0.1) is 13.1 Å². The number of aliphatic carboxylic acids is 4. The first-order valence-corrected chi connectivity index (χ1v) is 9.25. The highest BCUT2D eigenvalue weighted by Crippen LogP contribution is 2.12. The molecule has 0 fully saturated rings. The molecule has 31 heavy (non-hydrogen) atoms. The number of rotatable bonds is 4. The second-order valence-corrected chi connectivity index (χ2v) is 7.56. The van der Waals surface area contributed by atoms with Crippen molar-refractivity contribution in [1.29, 1.82) is 0 Å². The van der Waals surface area contributed by atoms with E-state index in [0.717, 1.165) is 38.1 Å². The van der Waals surface area contributed by atoms with Crippen molar-refractivity contribution in [3.05, 3.63) is 0 Å². The lowest BCUT2D eigenvalue weighted by molar-refractivity contribution is -0.159. The summed E-state index contributed by atoms with van der Waals surface area (Å²) in [7, 11) is 0. The molecule has 0 amide bonds. The fourth-order valence-electron chi connectivity index (χ4n) is 2.03. The molecule has 0 bridgehead atoms. The summed E-state index contributed by atoms with van der Waals surface area (Å²) in [6.07, 6.45) is 0. The van der Waals surface area contributed by atoms with Gasteiger partial charge in [0.1, 0.15) is 0 Å². The van der Waals surface area contributed by atoms with Gasteiger partial charge in [-0.25, -0.2) is 19.2 Å². The molecule has 0 saturated heterocycles. The van der Waals surface area contributed by atoms with E-state index in [9.17, 15) is 0 Å². The Bertz CT molecular complexity index is 639. The molecule has 2 rings (SSSR count). The van der Waals surface area contributed by atoms with E-state index < -0.39 is 23.9 Å². The van der Waals surface area contributed by atoms with Crippen molar-refractivity contribution in [2.45, 2.75) is 39.8 Å². The normalized spacial score (nSPS) is 19.0. The standard InChI is InChI=1S/C13H26N6.2C2H2O4/c1-9-5-14-11(18-9)16-7-13(3,4)8-17-12-15-6-10(2)19-12;2*3-1(4)2(5)6/h9-10H,5-8H2,1-4H3,(H2,14,16,18)(H2,15,17,19);2*(H,3,4)(H,5,6). The number of carboxylic acid groups (broad SMARTS) is 4. The molecule has 0 spiro atoms. The molecular formula is C17H30N6O8. The molecule has 0 radical (unpaired) electrons. The molecule has 2 heterocycles. The average Bonchev–Trinajstić information content (AvgIpc) is 3.27. The Balaban J connectivity index is 0.000000620. The van der Waals surface area contributed by atoms with Crippen molar-refractivity contribution in [2.24, 2.45) is 15.4 Å². The second-order valence-electron chi connectivity index (χ2n) is 7.56. The van der Waals surface area contributed by atoms with Gasteiger partial charge in [-0.3, -0.25) is 9.98 Å². The van der Waals surface area contributed by atoms with Gasteiger partial charge >= 0.3 is 23.9 Å². The van der Waals surface area contributed by atoms with Gasteiger partial charge in [-0.2, -0.15) is 0 Å². The summed E-state index contributed by atoms with van der Waals surface area (Å²) in [5.41, 5.74) is 0.131. The number of guanidine groups is 2.